The molecule has 3 aromatic rings. The fourth-order valence-corrected chi connectivity index (χ4v) is 2.33. The quantitative estimate of drug-likeness (QED) is 0.777. The van der Waals surface area contributed by atoms with Crippen LogP contribution in [0.2, 0.25) is 0 Å². The number of fused-ring (bicyclic) bond motifs is 1. The highest BCUT2D eigenvalue weighted by atomic mass is 16.1. The van der Waals surface area contributed by atoms with Gasteiger partial charge in [-0.15, -0.1) is 5.10 Å². The van der Waals surface area contributed by atoms with Crippen LogP contribution in [0.1, 0.15) is 48.1 Å². The van der Waals surface area contributed by atoms with Crippen LogP contribution in [0.5, 0.6) is 0 Å². The van der Waals surface area contributed by atoms with Crippen LogP contribution in [-0.4, -0.2) is 25.7 Å². The minimum Gasteiger partial charge on any atom is -0.322 e. The third kappa shape index (κ3) is 2.47. The Morgan fingerprint density at radius 2 is 2.09 bits per heavy atom. The van der Waals surface area contributed by atoms with E-state index in [1.807, 2.05) is 37.3 Å². The zero-order valence-corrected chi connectivity index (χ0v) is 12.9. The average Bonchev–Trinajstić information content (AvgIpc) is 3.03. The Kier molecular flexibility index (Phi) is 3.66. The van der Waals surface area contributed by atoms with Crippen molar-refractivity contribution in [2.45, 2.75) is 33.1 Å². The van der Waals surface area contributed by atoms with Crippen molar-refractivity contribution in [1.29, 1.82) is 0 Å². The Bertz CT molecular complexity index is 803. The van der Waals surface area contributed by atoms with Gasteiger partial charge in [0.15, 0.2) is 11.5 Å². The van der Waals surface area contributed by atoms with Crippen LogP contribution in [0, 0.1) is 6.92 Å². The van der Waals surface area contributed by atoms with Gasteiger partial charge in [-0.05, 0) is 25.5 Å². The largest absolute Gasteiger partial charge is 0.322 e. The smallest absolute Gasteiger partial charge is 0.261 e. The van der Waals surface area contributed by atoms with Crippen molar-refractivity contribution in [3.8, 4) is 0 Å². The van der Waals surface area contributed by atoms with Gasteiger partial charge in [0.2, 0.25) is 0 Å². The monoisotopic (exact) mass is 297 g/mol. The molecule has 0 aliphatic heterocycles. The van der Waals surface area contributed by atoms with Crippen molar-refractivity contribution in [1.82, 2.24) is 19.8 Å². The van der Waals surface area contributed by atoms with E-state index in [4.69, 9.17) is 0 Å². The zero-order valence-electron chi connectivity index (χ0n) is 12.9. The summed E-state index contributed by atoms with van der Waals surface area (Å²) in [5.74, 6) is 0.833. The normalized spacial score (nSPS) is 12.5. The number of H-pyrrole nitrogens is 1. The molecule has 0 bridgehead atoms. The fraction of sp³-hybridized carbons (Fsp3) is 0.312. The van der Waals surface area contributed by atoms with E-state index in [2.05, 4.69) is 34.3 Å². The fourth-order valence-electron chi connectivity index (χ4n) is 2.33. The number of aromatic amines is 1. The highest BCUT2D eigenvalue weighted by Gasteiger charge is 2.21. The Labute approximate surface area is 128 Å². The van der Waals surface area contributed by atoms with Gasteiger partial charge in [-0.2, -0.15) is 4.63 Å². The topological polar surface area (TPSA) is 75.1 Å². The summed E-state index contributed by atoms with van der Waals surface area (Å²) in [5, 5.41) is 10.4. The van der Waals surface area contributed by atoms with E-state index in [1.54, 1.807) is 4.63 Å². The minimum absolute atomic E-state index is 0.182. The Morgan fingerprint density at radius 1 is 1.36 bits per heavy atom. The molecular weight excluding hydrogens is 278 g/mol. The summed E-state index contributed by atoms with van der Waals surface area (Å²) in [6, 6.07) is 9.38. The molecule has 0 fully saturated rings. The molecule has 0 saturated heterocycles. The number of carbonyl (C=O) groups excluding carboxylic acids is 1. The molecule has 1 unspecified atom stereocenters. The summed E-state index contributed by atoms with van der Waals surface area (Å²) in [6.45, 7) is 6.01. The average molecular weight is 297 g/mol. The van der Waals surface area contributed by atoms with E-state index in [-0.39, 0.29) is 11.8 Å². The van der Waals surface area contributed by atoms with Gasteiger partial charge in [-0.25, -0.2) is 4.98 Å². The van der Waals surface area contributed by atoms with Crippen molar-refractivity contribution >= 4 is 17.2 Å². The maximum atomic E-state index is 12.5. The summed E-state index contributed by atoms with van der Waals surface area (Å²) in [4.78, 5) is 17.1. The molecule has 114 valence electrons. The van der Waals surface area contributed by atoms with E-state index in [0.717, 1.165) is 23.6 Å². The van der Waals surface area contributed by atoms with Crippen molar-refractivity contribution in [2.75, 3.05) is 5.32 Å². The van der Waals surface area contributed by atoms with Gasteiger partial charge >= 0.3 is 0 Å². The lowest BCUT2D eigenvalue weighted by atomic mass is 10.1. The number of benzene rings is 1. The number of para-hydroxylation sites is 1. The number of aromatic nitrogens is 4. The molecule has 0 saturated carbocycles. The number of carbonyl (C=O) groups is 1. The number of hydrogen-bond donors (Lipinski definition) is 2. The second-order valence-electron chi connectivity index (χ2n) is 5.45. The number of rotatable bonds is 4. The van der Waals surface area contributed by atoms with Gasteiger partial charge in [-0.1, -0.05) is 32.0 Å². The van der Waals surface area contributed by atoms with E-state index >= 15 is 0 Å². The van der Waals surface area contributed by atoms with Crippen LogP contribution in [0.4, 0.5) is 5.69 Å². The van der Waals surface area contributed by atoms with E-state index < -0.39 is 0 Å². The Hall–Kier alpha value is -2.63. The Balaban J connectivity index is 1.96. The number of nitrogens with zero attached hydrogens (tertiary/aromatic N) is 3. The number of amides is 1. The van der Waals surface area contributed by atoms with Crippen LogP contribution in [0.25, 0.3) is 5.65 Å². The molecule has 0 spiro atoms. The molecule has 6 nitrogen and oxygen atoms in total. The first-order valence-electron chi connectivity index (χ1n) is 7.41. The highest BCUT2D eigenvalue weighted by molar-refractivity contribution is 6.09. The van der Waals surface area contributed by atoms with Gasteiger partial charge < -0.3 is 5.32 Å². The second kappa shape index (κ2) is 5.63. The molecule has 1 amide bonds. The maximum absolute atomic E-state index is 12.5. The van der Waals surface area contributed by atoms with Crippen molar-refractivity contribution in [3.63, 3.8) is 0 Å². The molecule has 2 N–H and O–H groups in total. The standard InChI is InChI=1S/C16H19N5O/c1-4-10(2)14-18-15-13(11(3)19-21(15)20-14)16(22)17-12-8-6-5-7-9-12/h5-10,19H,4H2,1-3H3,(H,17,22). The third-order valence-corrected chi connectivity index (χ3v) is 3.81. The zero-order chi connectivity index (χ0) is 15.7. The lowest BCUT2D eigenvalue weighted by molar-refractivity contribution is 0.102. The predicted molar refractivity (Wildman–Crippen MR) is 85.2 cm³/mol. The number of nitrogens with one attached hydrogen (secondary N) is 2. The van der Waals surface area contributed by atoms with Crippen molar-refractivity contribution < 1.29 is 4.79 Å². The van der Waals surface area contributed by atoms with Crippen LogP contribution < -0.4 is 5.32 Å². The molecule has 0 aliphatic rings. The number of hydrogen-bond acceptors (Lipinski definition) is 3. The first-order chi connectivity index (χ1) is 10.6. The lowest BCUT2D eigenvalue weighted by Crippen LogP contribution is -2.13. The highest BCUT2D eigenvalue weighted by Crippen LogP contribution is 2.20. The molecule has 0 aliphatic carbocycles. The molecule has 6 heteroatoms. The SMILES string of the molecule is CCC(C)c1nc2c(C(=O)Nc3ccccc3)c(C)[nH]n2n1. The van der Waals surface area contributed by atoms with Crippen molar-refractivity contribution in [2.24, 2.45) is 0 Å². The van der Waals surface area contributed by atoms with Gasteiger partial charge in [0.05, 0.1) is 0 Å². The summed E-state index contributed by atoms with van der Waals surface area (Å²) in [5.41, 5.74) is 2.61. The second-order valence-corrected chi connectivity index (χ2v) is 5.45. The summed E-state index contributed by atoms with van der Waals surface area (Å²) < 4.78 is 1.58. The molecule has 0 radical (unpaired) electrons. The minimum atomic E-state index is -0.182. The number of anilines is 1. The molecular formula is C16H19N5O. The summed E-state index contributed by atoms with van der Waals surface area (Å²) >= 11 is 0. The van der Waals surface area contributed by atoms with Crippen LogP contribution in [0.15, 0.2) is 30.3 Å². The first-order valence-corrected chi connectivity index (χ1v) is 7.41. The van der Waals surface area contributed by atoms with Crippen LogP contribution >= 0.6 is 0 Å². The van der Waals surface area contributed by atoms with Crippen LogP contribution in [0.3, 0.4) is 0 Å². The third-order valence-electron chi connectivity index (χ3n) is 3.81. The van der Waals surface area contributed by atoms with Gasteiger partial charge in [-0.3, -0.25) is 9.89 Å². The summed E-state index contributed by atoms with van der Waals surface area (Å²) in [7, 11) is 0. The van der Waals surface area contributed by atoms with Crippen LogP contribution in [-0.2, 0) is 0 Å². The first kappa shape index (κ1) is 14.3. The van der Waals surface area contributed by atoms with E-state index in [0.29, 0.717) is 11.2 Å². The van der Waals surface area contributed by atoms with Gasteiger partial charge in [0.25, 0.3) is 5.91 Å². The summed E-state index contributed by atoms with van der Waals surface area (Å²) in [6.07, 6.45) is 0.956. The molecule has 2 heterocycles. The Morgan fingerprint density at radius 3 is 2.77 bits per heavy atom. The van der Waals surface area contributed by atoms with Gasteiger partial charge in [0.1, 0.15) is 5.56 Å². The van der Waals surface area contributed by atoms with E-state index in [1.165, 1.54) is 0 Å². The molecule has 1 atom stereocenters. The predicted octanol–water partition coefficient (Wildman–Crippen LogP) is 3.13. The van der Waals surface area contributed by atoms with Gasteiger partial charge in [0, 0.05) is 17.3 Å². The van der Waals surface area contributed by atoms with Crippen molar-refractivity contribution in [3.05, 3.63) is 47.4 Å². The number of aryl methyl sites for hydroxylation is 1. The maximum Gasteiger partial charge on any atom is 0.261 e. The molecule has 1 aromatic carbocycles. The molecule has 3 rings (SSSR count). The molecule has 22 heavy (non-hydrogen) atoms. The molecule has 2 aromatic heterocycles. The van der Waals surface area contributed by atoms with E-state index in [9.17, 15) is 4.79 Å². The lowest BCUT2D eigenvalue weighted by Gasteiger charge is -2.04.